The monoisotopic (exact) mass is 299 g/mol. The number of hydrogen-bond donors (Lipinski definition) is 3. The van der Waals surface area contributed by atoms with Crippen LogP contribution in [0.5, 0.6) is 0 Å². The Hall–Kier alpha value is -2.38. The quantitative estimate of drug-likeness (QED) is 0.414. The van der Waals surface area contributed by atoms with Crippen LogP contribution in [0.4, 0.5) is 4.79 Å². The molecule has 0 saturated carbocycles. The van der Waals surface area contributed by atoms with Crippen molar-refractivity contribution in [3.05, 3.63) is 5.76 Å². The molecule has 1 saturated heterocycles. The lowest BCUT2D eigenvalue weighted by Crippen LogP contribution is -2.51. The molecule has 1 aliphatic heterocycles. The number of carbonyl (C=O) groups excluding carboxylic acids is 3. The van der Waals surface area contributed by atoms with Crippen molar-refractivity contribution in [3.63, 3.8) is 0 Å². The van der Waals surface area contributed by atoms with Crippen LogP contribution in [0.25, 0.3) is 0 Å². The molecule has 0 radical (unpaired) electrons. The Kier molecular flexibility index (Phi) is 5.45. The number of ketones is 1. The number of Topliss-reactive ketones (excluding diaryl/α,β-unsaturated/α-hetero) is 1. The summed E-state index contributed by atoms with van der Waals surface area (Å²) in [6.07, 6.45) is -1.19. The van der Waals surface area contributed by atoms with Gasteiger partial charge < -0.3 is 20.9 Å². The van der Waals surface area contributed by atoms with Crippen LogP contribution < -0.4 is 11.1 Å². The standard InChI is InChI=1S/C12H17N3O6/c1-6(17)14-10(9(5-16)21-2)11(18)8-3-7(13)4-15(8)12(19)20/h7-8,10H,3-4,13H2,1-2H3,(H,14,17)(H,19,20)/t7-,8-,10?/m0/s1. The number of hydrogen-bond acceptors (Lipinski definition) is 6. The highest BCUT2D eigenvalue weighted by Gasteiger charge is 2.42. The molecule has 21 heavy (non-hydrogen) atoms. The zero-order chi connectivity index (χ0) is 16.2. The minimum absolute atomic E-state index is 0.00561. The number of nitrogens with zero attached hydrogens (tertiary/aromatic N) is 1. The predicted octanol–water partition coefficient (Wildman–Crippen LogP) is -1.50. The smallest absolute Gasteiger partial charge is 0.407 e. The summed E-state index contributed by atoms with van der Waals surface area (Å²) < 4.78 is 4.73. The van der Waals surface area contributed by atoms with Gasteiger partial charge in [0, 0.05) is 19.5 Å². The van der Waals surface area contributed by atoms with Crippen LogP contribution in [0.15, 0.2) is 5.76 Å². The zero-order valence-electron chi connectivity index (χ0n) is 11.7. The number of nitrogens with one attached hydrogen (secondary N) is 1. The summed E-state index contributed by atoms with van der Waals surface area (Å²) in [4.78, 5) is 46.5. The van der Waals surface area contributed by atoms with Gasteiger partial charge in [-0.1, -0.05) is 0 Å². The van der Waals surface area contributed by atoms with Crippen LogP contribution >= 0.6 is 0 Å². The van der Waals surface area contributed by atoms with Crippen LogP contribution in [-0.2, 0) is 19.1 Å². The van der Waals surface area contributed by atoms with E-state index in [0.29, 0.717) is 0 Å². The van der Waals surface area contributed by atoms with Crippen molar-refractivity contribution in [2.24, 2.45) is 5.73 Å². The minimum atomic E-state index is -1.39. The first-order valence-corrected chi connectivity index (χ1v) is 6.16. The molecule has 0 aromatic rings. The van der Waals surface area contributed by atoms with E-state index in [1.165, 1.54) is 5.94 Å². The highest BCUT2D eigenvalue weighted by Crippen LogP contribution is 2.20. The molecule has 0 aromatic carbocycles. The number of rotatable bonds is 5. The van der Waals surface area contributed by atoms with Crippen molar-refractivity contribution in [2.45, 2.75) is 31.5 Å². The molecule has 3 atom stereocenters. The van der Waals surface area contributed by atoms with E-state index in [1.54, 1.807) is 0 Å². The van der Waals surface area contributed by atoms with E-state index in [9.17, 15) is 19.2 Å². The fourth-order valence-electron chi connectivity index (χ4n) is 2.23. The summed E-state index contributed by atoms with van der Waals surface area (Å²) in [6, 6.07) is -2.92. The number of likely N-dealkylation sites (tertiary alicyclic amines) is 1. The third-order valence-corrected chi connectivity index (χ3v) is 3.12. The maximum atomic E-state index is 12.4. The number of ether oxygens (including phenoxy) is 1. The Morgan fingerprint density at radius 1 is 1.48 bits per heavy atom. The summed E-state index contributed by atoms with van der Waals surface area (Å²) in [7, 11) is 1.15. The molecule has 1 heterocycles. The highest BCUT2D eigenvalue weighted by atomic mass is 16.5. The van der Waals surface area contributed by atoms with E-state index in [2.05, 4.69) is 5.32 Å². The Labute approximate surface area is 120 Å². The topological polar surface area (TPSA) is 139 Å². The van der Waals surface area contributed by atoms with Gasteiger partial charge in [0.15, 0.2) is 17.8 Å². The van der Waals surface area contributed by atoms with Gasteiger partial charge in [0.1, 0.15) is 0 Å². The average molecular weight is 299 g/mol. The molecule has 116 valence electrons. The first-order chi connectivity index (χ1) is 9.81. The molecule has 9 nitrogen and oxygen atoms in total. The van der Waals surface area contributed by atoms with Crippen LogP contribution in [-0.4, -0.2) is 65.5 Å². The van der Waals surface area contributed by atoms with E-state index in [4.69, 9.17) is 15.6 Å². The summed E-state index contributed by atoms with van der Waals surface area (Å²) >= 11 is 0. The Bertz CT molecular complexity index is 499. The molecule has 2 amide bonds. The van der Waals surface area contributed by atoms with E-state index in [0.717, 1.165) is 18.9 Å². The third kappa shape index (κ3) is 3.80. The molecule has 0 aromatic heterocycles. The molecule has 1 aliphatic rings. The molecule has 0 bridgehead atoms. The molecule has 1 rings (SSSR count). The largest absolute Gasteiger partial charge is 0.488 e. The molecule has 1 fully saturated rings. The first kappa shape index (κ1) is 16.7. The summed E-state index contributed by atoms with van der Waals surface area (Å²) in [5.74, 6) is -0.234. The fraction of sp³-hybridized carbons (Fsp3) is 0.583. The van der Waals surface area contributed by atoms with Gasteiger partial charge in [0.2, 0.25) is 11.7 Å². The van der Waals surface area contributed by atoms with Gasteiger partial charge >= 0.3 is 6.09 Å². The first-order valence-electron chi connectivity index (χ1n) is 6.16. The van der Waals surface area contributed by atoms with Crippen molar-refractivity contribution in [1.29, 1.82) is 0 Å². The number of nitrogens with two attached hydrogens (primary N) is 1. The Morgan fingerprint density at radius 3 is 2.52 bits per heavy atom. The van der Waals surface area contributed by atoms with Crippen molar-refractivity contribution in [3.8, 4) is 0 Å². The lowest BCUT2D eigenvalue weighted by Gasteiger charge is -2.24. The maximum absolute atomic E-state index is 12.4. The lowest BCUT2D eigenvalue weighted by atomic mass is 10.0. The number of amides is 2. The van der Waals surface area contributed by atoms with Crippen LogP contribution in [0.1, 0.15) is 13.3 Å². The average Bonchev–Trinajstić information content (AvgIpc) is 2.80. The molecule has 9 heteroatoms. The van der Waals surface area contributed by atoms with Gasteiger partial charge in [0.25, 0.3) is 0 Å². The van der Waals surface area contributed by atoms with E-state index < -0.39 is 41.7 Å². The van der Waals surface area contributed by atoms with Crippen molar-refractivity contribution in [2.75, 3.05) is 13.7 Å². The Morgan fingerprint density at radius 2 is 2.10 bits per heavy atom. The molecule has 0 spiro atoms. The lowest BCUT2D eigenvalue weighted by molar-refractivity contribution is -0.129. The maximum Gasteiger partial charge on any atom is 0.407 e. The van der Waals surface area contributed by atoms with Crippen molar-refractivity contribution >= 4 is 23.7 Å². The van der Waals surface area contributed by atoms with Gasteiger partial charge in [-0.2, -0.15) is 0 Å². The zero-order valence-corrected chi connectivity index (χ0v) is 11.7. The number of carbonyl (C=O) groups is 3. The van der Waals surface area contributed by atoms with Gasteiger partial charge in [0.05, 0.1) is 13.2 Å². The Balaban J connectivity index is 3.07. The highest BCUT2D eigenvalue weighted by molar-refractivity contribution is 5.97. The third-order valence-electron chi connectivity index (χ3n) is 3.12. The van der Waals surface area contributed by atoms with Gasteiger partial charge in [-0.25, -0.2) is 9.59 Å². The minimum Gasteiger partial charge on any atom is -0.488 e. The van der Waals surface area contributed by atoms with E-state index in [-0.39, 0.29) is 13.0 Å². The van der Waals surface area contributed by atoms with Crippen molar-refractivity contribution in [1.82, 2.24) is 10.2 Å². The fourth-order valence-corrected chi connectivity index (χ4v) is 2.23. The SMILES string of the molecule is COC(=C=O)C(NC(C)=O)C(=O)[C@@H]1C[C@H](N)CN1C(=O)O. The number of methoxy groups -OCH3 is 1. The summed E-state index contributed by atoms with van der Waals surface area (Å²) in [6.45, 7) is 1.17. The van der Waals surface area contributed by atoms with Crippen LogP contribution in [0, 0.1) is 0 Å². The van der Waals surface area contributed by atoms with Gasteiger partial charge in [-0.05, 0) is 6.42 Å². The molecule has 1 unspecified atom stereocenters. The summed E-state index contributed by atoms with van der Waals surface area (Å²) in [5, 5.41) is 11.3. The second-order valence-electron chi connectivity index (χ2n) is 4.65. The van der Waals surface area contributed by atoms with Gasteiger partial charge in [-0.3, -0.25) is 14.5 Å². The molecule has 0 aliphatic carbocycles. The molecular formula is C12H17N3O6. The van der Waals surface area contributed by atoms with E-state index in [1.807, 2.05) is 0 Å². The van der Waals surface area contributed by atoms with Gasteiger partial charge in [-0.15, -0.1) is 0 Å². The second-order valence-corrected chi connectivity index (χ2v) is 4.65. The number of carboxylic acid groups (broad SMARTS) is 1. The normalized spacial score (nSPS) is 22.1. The van der Waals surface area contributed by atoms with Crippen LogP contribution in [0.3, 0.4) is 0 Å². The predicted molar refractivity (Wildman–Crippen MR) is 69.9 cm³/mol. The van der Waals surface area contributed by atoms with Crippen LogP contribution in [0.2, 0.25) is 0 Å². The molecular weight excluding hydrogens is 282 g/mol. The summed E-state index contributed by atoms with van der Waals surface area (Å²) in [5.41, 5.74) is 5.67. The van der Waals surface area contributed by atoms with E-state index >= 15 is 0 Å². The van der Waals surface area contributed by atoms with Crippen molar-refractivity contribution < 1.29 is 29.0 Å². The second kappa shape index (κ2) is 6.87. The molecule has 4 N–H and O–H groups in total.